The highest BCUT2D eigenvalue weighted by molar-refractivity contribution is 5.81. The monoisotopic (exact) mass is 213 g/mol. The minimum Gasteiger partial charge on any atom is -0.356 e. The second-order valence-corrected chi connectivity index (χ2v) is 5.46. The second-order valence-electron chi connectivity index (χ2n) is 5.46. The number of carbonyl (C=O) groups excluding carboxylic acids is 2. The van der Waals surface area contributed by atoms with Crippen molar-refractivity contribution < 1.29 is 9.59 Å². The zero-order chi connectivity index (χ0) is 12.1. The van der Waals surface area contributed by atoms with Crippen LogP contribution in [0.25, 0.3) is 0 Å². The molecule has 0 atom stereocenters. The highest BCUT2D eigenvalue weighted by atomic mass is 16.1. The summed E-state index contributed by atoms with van der Waals surface area (Å²) in [5, 5.41) is 2.77. The summed E-state index contributed by atoms with van der Waals surface area (Å²) in [6.45, 7) is 10.3. The molecule has 0 rings (SSSR count). The normalized spacial score (nSPS) is 11.6. The summed E-state index contributed by atoms with van der Waals surface area (Å²) >= 11 is 0. The van der Waals surface area contributed by atoms with E-state index in [0.717, 1.165) is 0 Å². The van der Waals surface area contributed by atoms with Crippen LogP contribution in [-0.2, 0) is 9.59 Å². The minimum absolute atomic E-state index is 0.00609. The van der Waals surface area contributed by atoms with Gasteiger partial charge in [0, 0.05) is 25.3 Å². The molecule has 0 aliphatic rings. The van der Waals surface area contributed by atoms with E-state index in [1.165, 1.54) is 0 Å². The molecule has 0 saturated heterocycles. The van der Waals surface area contributed by atoms with Gasteiger partial charge in [0.05, 0.1) is 0 Å². The Morgan fingerprint density at radius 1 is 1.20 bits per heavy atom. The van der Waals surface area contributed by atoms with E-state index >= 15 is 0 Å². The maximum atomic E-state index is 11.4. The van der Waals surface area contributed by atoms with E-state index in [4.69, 9.17) is 0 Å². The first kappa shape index (κ1) is 14.1. The zero-order valence-corrected chi connectivity index (χ0v) is 10.5. The fraction of sp³-hybridized carbons (Fsp3) is 0.833. The van der Waals surface area contributed by atoms with Crippen molar-refractivity contribution in [3.8, 4) is 0 Å². The molecule has 3 heteroatoms. The van der Waals surface area contributed by atoms with Crippen LogP contribution < -0.4 is 5.32 Å². The lowest BCUT2D eigenvalue weighted by atomic mass is 9.92. The number of Topliss-reactive ketones (excluding diaryl/α,β-unsaturated/α-hetero) is 1. The van der Waals surface area contributed by atoms with Crippen LogP contribution >= 0.6 is 0 Å². The van der Waals surface area contributed by atoms with Gasteiger partial charge in [-0.25, -0.2) is 0 Å². The van der Waals surface area contributed by atoms with Crippen molar-refractivity contribution in [1.29, 1.82) is 0 Å². The van der Waals surface area contributed by atoms with Crippen LogP contribution in [0.2, 0.25) is 0 Å². The molecule has 88 valence electrons. The Labute approximate surface area is 92.6 Å². The molecular formula is C12H23NO2. The third-order valence-corrected chi connectivity index (χ3v) is 2.03. The molecule has 15 heavy (non-hydrogen) atoms. The highest BCUT2D eigenvalue weighted by Crippen LogP contribution is 2.17. The van der Waals surface area contributed by atoms with Gasteiger partial charge in [0.2, 0.25) is 5.91 Å². The molecule has 0 aromatic carbocycles. The largest absolute Gasteiger partial charge is 0.356 e. The van der Waals surface area contributed by atoms with Crippen LogP contribution in [-0.4, -0.2) is 18.2 Å². The topological polar surface area (TPSA) is 46.2 Å². The van der Waals surface area contributed by atoms with Crippen molar-refractivity contribution in [3.63, 3.8) is 0 Å². The quantitative estimate of drug-likeness (QED) is 0.760. The van der Waals surface area contributed by atoms with E-state index in [-0.39, 0.29) is 23.0 Å². The number of ketones is 1. The van der Waals surface area contributed by atoms with Crippen LogP contribution in [0.5, 0.6) is 0 Å². The van der Waals surface area contributed by atoms with Crippen molar-refractivity contribution in [2.75, 3.05) is 6.54 Å². The lowest BCUT2D eigenvalue weighted by Crippen LogP contribution is -2.30. The van der Waals surface area contributed by atoms with E-state index in [9.17, 15) is 9.59 Å². The molecule has 0 aliphatic carbocycles. The predicted molar refractivity (Wildman–Crippen MR) is 61.5 cm³/mol. The molecule has 0 spiro atoms. The van der Waals surface area contributed by atoms with Gasteiger partial charge in [0.1, 0.15) is 5.78 Å². The Hall–Kier alpha value is -0.860. The van der Waals surface area contributed by atoms with Gasteiger partial charge in [-0.1, -0.05) is 34.6 Å². The maximum absolute atomic E-state index is 11.4. The van der Waals surface area contributed by atoms with Gasteiger partial charge in [-0.15, -0.1) is 0 Å². The fourth-order valence-electron chi connectivity index (χ4n) is 1.16. The van der Waals surface area contributed by atoms with E-state index in [0.29, 0.717) is 19.4 Å². The summed E-state index contributed by atoms with van der Waals surface area (Å²) in [5.41, 5.74) is 0.00609. The number of nitrogens with one attached hydrogen (secondary N) is 1. The minimum atomic E-state index is 0.00609. The lowest BCUT2D eigenvalue weighted by molar-refractivity contribution is -0.123. The number of carbonyl (C=O) groups is 2. The van der Waals surface area contributed by atoms with Gasteiger partial charge < -0.3 is 5.32 Å². The van der Waals surface area contributed by atoms with Crippen molar-refractivity contribution in [1.82, 2.24) is 5.32 Å². The maximum Gasteiger partial charge on any atom is 0.220 e. The zero-order valence-electron chi connectivity index (χ0n) is 10.5. The van der Waals surface area contributed by atoms with Crippen LogP contribution in [0, 0.1) is 11.3 Å². The van der Waals surface area contributed by atoms with Gasteiger partial charge in [-0.05, 0) is 5.41 Å². The summed E-state index contributed by atoms with van der Waals surface area (Å²) in [5.74, 6) is 0.287. The third-order valence-electron chi connectivity index (χ3n) is 2.03. The second kappa shape index (κ2) is 5.89. The van der Waals surface area contributed by atoms with Gasteiger partial charge >= 0.3 is 0 Å². The van der Waals surface area contributed by atoms with Crippen molar-refractivity contribution in [2.45, 2.75) is 47.5 Å². The molecule has 0 aromatic rings. The summed E-state index contributed by atoms with van der Waals surface area (Å²) < 4.78 is 0. The van der Waals surface area contributed by atoms with E-state index < -0.39 is 0 Å². The first-order chi connectivity index (χ1) is 6.72. The number of hydrogen-bond donors (Lipinski definition) is 1. The summed E-state index contributed by atoms with van der Waals surface area (Å²) in [7, 11) is 0. The Kier molecular flexibility index (Phi) is 5.55. The average Bonchev–Trinajstić information content (AvgIpc) is 2.00. The molecule has 0 radical (unpaired) electrons. The number of amides is 1. The van der Waals surface area contributed by atoms with Gasteiger partial charge in [-0.2, -0.15) is 0 Å². The summed E-state index contributed by atoms with van der Waals surface area (Å²) in [4.78, 5) is 22.6. The van der Waals surface area contributed by atoms with E-state index in [1.54, 1.807) is 0 Å². The molecule has 0 bridgehead atoms. The summed E-state index contributed by atoms with van der Waals surface area (Å²) in [6, 6.07) is 0. The molecule has 0 saturated carbocycles. The summed E-state index contributed by atoms with van der Waals surface area (Å²) in [6.07, 6.45) is 0.941. The highest BCUT2D eigenvalue weighted by Gasteiger charge is 2.15. The Morgan fingerprint density at radius 2 is 1.73 bits per heavy atom. The molecule has 0 unspecified atom stereocenters. The standard InChI is InChI=1S/C12H23NO2/c1-9(2)10(14)6-7-13-11(15)8-12(3,4)5/h9H,6-8H2,1-5H3,(H,13,15). The fourth-order valence-corrected chi connectivity index (χ4v) is 1.16. The van der Waals surface area contributed by atoms with Gasteiger partial charge in [-0.3, -0.25) is 9.59 Å². The molecule has 0 aromatic heterocycles. The average molecular weight is 213 g/mol. The van der Waals surface area contributed by atoms with Crippen LogP contribution in [0.1, 0.15) is 47.5 Å². The van der Waals surface area contributed by atoms with E-state index in [1.807, 2.05) is 34.6 Å². The first-order valence-electron chi connectivity index (χ1n) is 5.52. The Balaban J connectivity index is 3.70. The van der Waals surface area contributed by atoms with Crippen LogP contribution in [0.3, 0.4) is 0 Å². The smallest absolute Gasteiger partial charge is 0.220 e. The molecule has 1 N–H and O–H groups in total. The van der Waals surface area contributed by atoms with Crippen molar-refractivity contribution in [3.05, 3.63) is 0 Å². The van der Waals surface area contributed by atoms with Crippen LogP contribution in [0.4, 0.5) is 0 Å². The Morgan fingerprint density at radius 3 is 2.13 bits per heavy atom. The van der Waals surface area contributed by atoms with Crippen molar-refractivity contribution >= 4 is 11.7 Å². The van der Waals surface area contributed by atoms with Gasteiger partial charge in [0.25, 0.3) is 0 Å². The van der Waals surface area contributed by atoms with E-state index in [2.05, 4.69) is 5.32 Å². The first-order valence-corrected chi connectivity index (χ1v) is 5.52. The predicted octanol–water partition coefficient (Wildman–Crippen LogP) is 2.15. The molecule has 0 fully saturated rings. The molecular weight excluding hydrogens is 190 g/mol. The lowest BCUT2D eigenvalue weighted by Gasteiger charge is -2.17. The Bertz CT molecular complexity index is 226. The third kappa shape index (κ3) is 8.16. The molecule has 1 amide bonds. The molecule has 0 heterocycles. The van der Waals surface area contributed by atoms with Crippen molar-refractivity contribution in [2.24, 2.45) is 11.3 Å². The molecule has 0 aliphatic heterocycles. The number of rotatable bonds is 5. The van der Waals surface area contributed by atoms with Gasteiger partial charge in [0.15, 0.2) is 0 Å². The van der Waals surface area contributed by atoms with Crippen LogP contribution in [0.15, 0.2) is 0 Å². The number of hydrogen-bond acceptors (Lipinski definition) is 2. The SMILES string of the molecule is CC(C)C(=O)CCNC(=O)CC(C)(C)C. The molecule has 3 nitrogen and oxygen atoms in total.